The van der Waals surface area contributed by atoms with E-state index in [1.807, 2.05) is 31.2 Å². The van der Waals surface area contributed by atoms with Gasteiger partial charge in [-0.1, -0.05) is 18.7 Å². The third kappa shape index (κ3) is 4.93. The van der Waals surface area contributed by atoms with Gasteiger partial charge in [0.1, 0.15) is 5.69 Å². The summed E-state index contributed by atoms with van der Waals surface area (Å²) in [5.74, 6) is -2.64. The summed E-state index contributed by atoms with van der Waals surface area (Å²) in [6, 6.07) is 7.17. The number of thiophene rings is 1. The van der Waals surface area contributed by atoms with Crippen molar-refractivity contribution in [2.45, 2.75) is 19.3 Å². The number of allylic oxidation sites excluding steroid dienone is 3. The molecule has 5 aromatic heterocycles. The molecule has 198 valence electrons. The second-order valence-corrected chi connectivity index (χ2v) is 10.6. The quantitative estimate of drug-likeness (QED) is 0.211. The van der Waals surface area contributed by atoms with Crippen molar-refractivity contribution in [3.05, 3.63) is 84.1 Å². The fourth-order valence-corrected chi connectivity index (χ4v) is 5.74. The van der Waals surface area contributed by atoms with E-state index < -0.39 is 5.92 Å². The van der Waals surface area contributed by atoms with Gasteiger partial charge in [-0.2, -0.15) is 9.49 Å². The van der Waals surface area contributed by atoms with Crippen LogP contribution in [0.25, 0.3) is 49.2 Å². The van der Waals surface area contributed by atoms with Crippen LogP contribution in [-0.2, 0) is 0 Å². The topological polar surface area (TPSA) is 73.5 Å². The molecular formula is C29H25F3N6S. The van der Waals surface area contributed by atoms with E-state index in [1.54, 1.807) is 35.6 Å². The molecule has 1 saturated heterocycles. The fraction of sp³-hybridized carbons (Fsp3) is 0.207. The van der Waals surface area contributed by atoms with E-state index in [9.17, 15) is 13.2 Å². The maximum absolute atomic E-state index is 13.7. The Kier molecular flexibility index (Phi) is 6.44. The van der Waals surface area contributed by atoms with Crippen molar-refractivity contribution in [2.75, 3.05) is 19.6 Å². The highest BCUT2D eigenvalue weighted by Crippen LogP contribution is 2.36. The van der Waals surface area contributed by atoms with Gasteiger partial charge in [-0.05, 0) is 48.4 Å². The molecule has 0 amide bonds. The Labute approximate surface area is 226 Å². The number of pyridine rings is 2. The van der Waals surface area contributed by atoms with Crippen molar-refractivity contribution >= 4 is 38.7 Å². The van der Waals surface area contributed by atoms with Crippen molar-refractivity contribution in [1.29, 1.82) is 0 Å². The zero-order chi connectivity index (χ0) is 27.1. The lowest BCUT2D eigenvalue weighted by Crippen LogP contribution is -2.26. The van der Waals surface area contributed by atoms with Gasteiger partial charge in [-0.3, -0.25) is 20.0 Å². The first-order valence-electron chi connectivity index (χ1n) is 12.5. The summed E-state index contributed by atoms with van der Waals surface area (Å²) in [6.45, 7) is 6.32. The maximum Gasteiger partial charge on any atom is 0.261 e. The number of hydrogen-bond donors (Lipinski definition) is 2. The summed E-state index contributed by atoms with van der Waals surface area (Å²) in [5.41, 5.74) is 6.38. The minimum atomic E-state index is -2.64. The molecule has 0 radical (unpaired) electrons. The van der Waals surface area contributed by atoms with Crippen LogP contribution in [0.5, 0.6) is 0 Å². The molecule has 0 aromatic carbocycles. The molecule has 6 nitrogen and oxygen atoms in total. The average molecular weight is 547 g/mol. The molecule has 0 bridgehead atoms. The molecule has 5 aromatic rings. The molecule has 6 rings (SSSR count). The summed E-state index contributed by atoms with van der Waals surface area (Å²) in [7, 11) is 0. The van der Waals surface area contributed by atoms with Crippen LogP contribution in [-0.4, -0.2) is 55.6 Å². The standard InChI is InChI=1S/C29H25F3N6S/c1-3-17(15-38-8-7-29(31,32)16-38)9-18(4-2)22-11-20-25(14-34-22)36-37-28(20)23-10-19-21(12-33-13-24(19)35-23)26-5-6-27(30)39-26/h3-6,9-14,35H,1,7-8,15-16H2,2H3,(H,36,37)/b17-9+,18-4+. The lowest BCUT2D eigenvalue weighted by molar-refractivity contribution is 0.0131. The second kappa shape index (κ2) is 9.94. The fourth-order valence-electron chi connectivity index (χ4n) is 4.99. The van der Waals surface area contributed by atoms with Crippen LogP contribution in [0.15, 0.2) is 73.2 Å². The van der Waals surface area contributed by atoms with Gasteiger partial charge in [-0.25, -0.2) is 8.78 Å². The number of aromatic amines is 2. The van der Waals surface area contributed by atoms with Crippen LogP contribution in [0.1, 0.15) is 19.0 Å². The Morgan fingerprint density at radius 3 is 2.77 bits per heavy atom. The lowest BCUT2D eigenvalue weighted by Gasteiger charge is -2.16. The van der Waals surface area contributed by atoms with E-state index in [0.717, 1.165) is 71.8 Å². The SMILES string of the molecule is C=C/C(=C\C(=C/C)c1cc2c(-c3cc4c(-c5ccc(F)s5)cncc4[nH]3)n[nH]c2cn1)CN1CCC(F)(F)C1. The number of nitrogens with zero attached hydrogens (tertiary/aromatic N) is 4. The predicted molar refractivity (Wildman–Crippen MR) is 150 cm³/mol. The number of fused-ring (bicyclic) bond motifs is 2. The van der Waals surface area contributed by atoms with Gasteiger partial charge in [0.25, 0.3) is 5.92 Å². The van der Waals surface area contributed by atoms with E-state index in [2.05, 4.69) is 31.7 Å². The minimum Gasteiger partial charge on any atom is -0.352 e. The normalized spacial score (nSPS) is 16.5. The summed E-state index contributed by atoms with van der Waals surface area (Å²) >= 11 is 1.08. The number of H-pyrrole nitrogens is 2. The Hall–Kier alpha value is -4.02. The van der Waals surface area contributed by atoms with Crippen molar-refractivity contribution in [1.82, 2.24) is 30.0 Å². The van der Waals surface area contributed by atoms with E-state index in [0.29, 0.717) is 13.1 Å². The van der Waals surface area contributed by atoms with E-state index >= 15 is 0 Å². The molecule has 1 fully saturated rings. The number of aromatic nitrogens is 5. The van der Waals surface area contributed by atoms with Crippen molar-refractivity contribution in [3.8, 4) is 21.8 Å². The third-order valence-electron chi connectivity index (χ3n) is 6.95. The zero-order valence-electron chi connectivity index (χ0n) is 21.1. The first-order chi connectivity index (χ1) is 18.8. The second-order valence-electron chi connectivity index (χ2n) is 9.61. The largest absolute Gasteiger partial charge is 0.352 e. The molecule has 0 atom stereocenters. The molecule has 0 unspecified atom stereocenters. The Bertz CT molecular complexity index is 1760. The van der Waals surface area contributed by atoms with Gasteiger partial charge in [0.2, 0.25) is 0 Å². The van der Waals surface area contributed by atoms with E-state index in [1.165, 1.54) is 6.07 Å². The van der Waals surface area contributed by atoms with Gasteiger partial charge >= 0.3 is 0 Å². The smallest absolute Gasteiger partial charge is 0.261 e. The highest BCUT2D eigenvalue weighted by atomic mass is 32.1. The molecule has 39 heavy (non-hydrogen) atoms. The number of rotatable bonds is 7. The number of nitrogens with one attached hydrogen (secondary N) is 2. The van der Waals surface area contributed by atoms with Crippen molar-refractivity contribution < 1.29 is 13.2 Å². The Morgan fingerprint density at radius 1 is 1.18 bits per heavy atom. The molecule has 1 aliphatic heterocycles. The van der Waals surface area contributed by atoms with Crippen LogP contribution >= 0.6 is 11.3 Å². The number of halogens is 3. The van der Waals surface area contributed by atoms with Crippen molar-refractivity contribution in [3.63, 3.8) is 0 Å². The number of hydrogen-bond acceptors (Lipinski definition) is 5. The number of likely N-dealkylation sites (tertiary alicyclic amines) is 1. The minimum absolute atomic E-state index is 0.120. The molecule has 0 spiro atoms. The van der Waals surface area contributed by atoms with Gasteiger partial charge in [0.05, 0.1) is 41.4 Å². The van der Waals surface area contributed by atoms with Crippen LogP contribution in [0.2, 0.25) is 0 Å². The van der Waals surface area contributed by atoms with Crippen LogP contribution < -0.4 is 0 Å². The van der Waals surface area contributed by atoms with Gasteiger partial charge in [0, 0.05) is 46.9 Å². The van der Waals surface area contributed by atoms with E-state index in [-0.39, 0.29) is 18.1 Å². The van der Waals surface area contributed by atoms with Gasteiger partial charge in [-0.15, -0.1) is 11.3 Å². The molecule has 6 heterocycles. The molecule has 0 saturated carbocycles. The van der Waals surface area contributed by atoms with Crippen molar-refractivity contribution in [2.24, 2.45) is 0 Å². The molecule has 10 heteroatoms. The van der Waals surface area contributed by atoms with Gasteiger partial charge in [0.15, 0.2) is 5.13 Å². The molecule has 2 N–H and O–H groups in total. The van der Waals surface area contributed by atoms with Crippen LogP contribution in [0.4, 0.5) is 13.2 Å². The van der Waals surface area contributed by atoms with E-state index in [4.69, 9.17) is 0 Å². The highest BCUT2D eigenvalue weighted by Gasteiger charge is 2.37. The zero-order valence-corrected chi connectivity index (χ0v) is 22.0. The molecule has 1 aliphatic rings. The maximum atomic E-state index is 13.7. The Morgan fingerprint density at radius 2 is 2.05 bits per heavy atom. The molecule has 0 aliphatic carbocycles. The summed E-state index contributed by atoms with van der Waals surface area (Å²) in [5, 5.41) is 9.15. The average Bonchev–Trinajstić information content (AvgIpc) is 3.71. The number of alkyl halides is 2. The monoisotopic (exact) mass is 546 g/mol. The summed E-state index contributed by atoms with van der Waals surface area (Å²) < 4.78 is 41.1. The van der Waals surface area contributed by atoms with Crippen LogP contribution in [0.3, 0.4) is 0 Å². The Balaban J connectivity index is 1.35. The molecular weight excluding hydrogens is 521 g/mol. The first-order valence-corrected chi connectivity index (χ1v) is 13.3. The summed E-state index contributed by atoms with van der Waals surface area (Å²) in [4.78, 5) is 14.9. The summed E-state index contributed by atoms with van der Waals surface area (Å²) in [6.07, 6.45) is 10.7. The van der Waals surface area contributed by atoms with Crippen LogP contribution in [0, 0.1) is 5.13 Å². The third-order valence-corrected chi connectivity index (χ3v) is 7.86. The highest BCUT2D eigenvalue weighted by molar-refractivity contribution is 7.14. The predicted octanol–water partition coefficient (Wildman–Crippen LogP) is 7.23. The van der Waals surface area contributed by atoms with Gasteiger partial charge < -0.3 is 4.98 Å². The first kappa shape index (κ1) is 25.3. The lowest BCUT2D eigenvalue weighted by atomic mass is 10.0.